The highest BCUT2D eigenvalue weighted by Crippen LogP contribution is 2.13. The van der Waals surface area contributed by atoms with Gasteiger partial charge in [-0.25, -0.2) is 9.13 Å². The van der Waals surface area contributed by atoms with Gasteiger partial charge in [-0.05, 0) is 67.5 Å². The van der Waals surface area contributed by atoms with E-state index in [0.717, 1.165) is 26.2 Å². The van der Waals surface area contributed by atoms with Gasteiger partial charge in [-0.1, -0.05) is 12.1 Å². The van der Waals surface area contributed by atoms with E-state index in [1.165, 1.54) is 11.0 Å². The third-order valence-corrected chi connectivity index (χ3v) is 5.63. The van der Waals surface area contributed by atoms with Crippen LogP contribution in [-0.2, 0) is 13.1 Å². The molecule has 0 spiro atoms. The molecule has 0 aliphatic carbocycles. The Labute approximate surface area is 166 Å². The Kier molecular flexibility index (Phi) is 7.87. The molecule has 0 bridgehead atoms. The van der Waals surface area contributed by atoms with Crippen LogP contribution < -0.4 is 4.57 Å². The summed E-state index contributed by atoms with van der Waals surface area (Å²) in [5, 5.41) is 0. The molecular weight excluding hydrogens is 332 g/mol. The zero-order valence-electron chi connectivity index (χ0n) is 18.8. The highest BCUT2D eigenvalue weighted by Gasteiger charge is 2.20. The van der Waals surface area contributed by atoms with Crippen molar-refractivity contribution in [3.05, 3.63) is 30.6 Å². The Morgan fingerprint density at radius 3 is 1.85 bits per heavy atom. The van der Waals surface area contributed by atoms with Crippen molar-refractivity contribution < 1.29 is 4.57 Å². The van der Waals surface area contributed by atoms with Crippen molar-refractivity contribution >= 4 is 11.0 Å². The average molecular weight is 374 g/mol. The lowest BCUT2D eigenvalue weighted by molar-refractivity contribution is -0.672. The lowest BCUT2D eigenvalue weighted by atomic mass is 10.2. The molecule has 4 heteroatoms. The number of fused-ring (bicyclic) bond motifs is 1. The number of hydrogen-bond donors (Lipinski definition) is 0. The van der Waals surface area contributed by atoms with E-state index in [2.05, 4.69) is 105 Å². The van der Waals surface area contributed by atoms with Crippen molar-refractivity contribution in [2.75, 3.05) is 13.1 Å². The minimum Gasteiger partial charge on any atom is -0.295 e. The van der Waals surface area contributed by atoms with E-state index in [1.807, 2.05) is 0 Å². The quantitative estimate of drug-likeness (QED) is 0.581. The molecule has 1 aromatic carbocycles. The molecule has 0 radical (unpaired) electrons. The summed E-state index contributed by atoms with van der Waals surface area (Å²) in [5.41, 5.74) is 2.68. The number of hydrogen-bond acceptors (Lipinski definition) is 2. The molecule has 152 valence electrons. The van der Waals surface area contributed by atoms with Crippen molar-refractivity contribution in [3.63, 3.8) is 0 Å². The third kappa shape index (κ3) is 5.55. The first-order valence-electron chi connectivity index (χ1n) is 10.7. The van der Waals surface area contributed by atoms with Crippen LogP contribution in [0.3, 0.4) is 0 Å². The molecule has 0 aliphatic rings. The van der Waals surface area contributed by atoms with E-state index in [9.17, 15) is 0 Å². The van der Waals surface area contributed by atoms with E-state index in [-0.39, 0.29) is 0 Å². The minimum absolute atomic E-state index is 0.574. The van der Waals surface area contributed by atoms with Crippen LogP contribution in [0.1, 0.15) is 55.4 Å². The summed E-state index contributed by atoms with van der Waals surface area (Å²) in [4.78, 5) is 5.14. The van der Waals surface area contributed by atoms with E-state index in [1.54, 1.807) is 0 Å². The van der Waals surface area contributed by atoms with Gasteiger partial charge in [0, 0.05) is 37.3 Å². The van der Waals surface area contributed by atoms with Crippen LogP contribution in [0.4, 0.5) is 0 Å². The molecule has 2 rings (SSSR count). The predicted molar refractivity (Wildman–Crippen MR) is 116 cm³/mol. The second kappa shape index (κ2) is 9.70. The molecule has 0 amide bonds. The van der Waals surface area contributed by atoms with Crippen LogP contribution in [-0.4, -0.2) is 51.6 Å². The second-order valence-corrected chi connectivity index (χ2v) is 8.84. The third-order valence-electron chi connectivity index (χ3n) is 5.63. The summed E-state index contributed by atoms with van der Waals surface area (Å²) in [6, 6.07) is 11.1. The van der Waals surface area contributed by atoms with Crippen LogP contribution in [0.2, 0.25) is 0 Å². The van der Waals surface area contributed by atoms with Gasteiger partial charge in [-0.3, -0.25) is 9.80 Å². The standard InChI is InChI=1S/C23H41N4/c1-18(2)26(19(3)4)15-13-24-17-25(23-12-10-9-11-22(23)24)14-16-27(20(5)6)21(7)8/h9-12,17-21H,13-16H2,1-8H3/q+1. The van der Waals surface area contributed by atoms with Gasteiger partial charge >= 0.3 is 0 Å². The Morgan fingerprint density at radius 2 is 1.30 bits per heavy atom. The van der Waals surface area contributed by atoms with Crippen molar-refractivity contribution in [3.8, 4) is 0 Å². The highest BCUT2D eigenvalue weighted by atomic mass is 15.2. The molecular formula is C23H41N4+. The van der Waals surface area contributed by atoms with Crippen LogP contribution in [0.5, 0.6) is 0 Å². The zero-order chi connectivity index (χ0) is 20.1. The zero-order valence-corrected chi connectivity index (χ0v) is 18.8. The maximum absolute atomic E-state index is 2.57. The minimum atomic E-state index is 0.574. The fraction of sp³-hybridized carbons (Fsp3) is 0.696. The van der Waals surface area contributed by atoms with E-state index in [4.69, 9.17) is 0 Å². The largest absolute Gasteiger partial charge is 0.295 e. The first kappa shape index (κ1) is 21.9. The highest BCUT2D eigenvalue weighted by molar-refractivity contribution is 5.71. The van der Waals surface area contributed by atoms with Gasteiger partial charge in [0.05, 0.1) is 0 Å². The summed E-state index contributed by atoms with van der Waals surface area (Å²) < 4.78 is 4.87. The van der Waals surface area contributed by atoms with E-state index in [0.29, 0.717) is 24.2 Å². The van der Waals surface area contributed by atoms with Crippen molar-refractivity contribution in [1.29, 1.82) is 0 Å². The van der Waals surface area contributed by atoms with E-state index >= 15 is 0 Å². The van der Waals surface area contributed by atoms with Gasteiger partial charge in [0.2, 0.25) is 6.33 Å². The van der Waals surface area contributed by atoms with Gasteiger partial charge in [-0.2, -0.15) is 0 Å². The molecule has 1 aromatic heterocycles. The fourth-order valence-corrected chi connectivity index (χ4v) is 4.27. The van der Waals surface area contributed by atoms with Crippen LogP contribution in [0, 0.1) is 0 Å². The van der Waals surface area contributed by atoms with Crippen molar-refractivity contribution in [1.82, 2.24) is 14.4 Å². The Hall–Kier alpha value is -1.39. The molecule has 0 atom stereocenters. The van der Waals surface area contributed by atoms with Gasteiger partial charge in [-0.15, -0.1) is 0 Å². The Balaban J connectivity index is 2.19. The van der Waals surface area contributed by atoms with E-state index < -0.39 is 0 Å². The van der Waals surface area contributed by atoms with Gasteiger partial charge in [0.1, 0.15) is 13.1 Å². The van der Waals surface area contributed by atoms with Gasteiger partial charge in [0.25, 0.3) is 0 Å². The molecule has 0 fully saturated rings. The number of rotatable bonds is 10. The first-order chi connectivity index (χ1) is 12.7. The monoisotopic (exact) mass is 373 g/mol. The van der Waals surface area contributed by atoms with Crippen LogP contribution in [0.25, 0.3) is 11.0 Å². The Morgan fingerprint density at radius 1 is 0.778 bits per heavy atom. The molecule has 0 aliphatic heterocycles. The molecule has 0 saturated carbocycles. The summed E-state index contributed by atoms with van der Waals surface area (Å²) in [6.45, 7) is 22.6. The topological polar surface area (TPSA) is 15.3 Å². The molecule has 0 N–H and O–H groups in total. The second-order valence-electron chi connectivity index (χ2n) is 8.84. The van der Waals surface area contributed by atoms with Crippen molar-refractivity contribution in [2.24, 2.45) is 0 Å². The number of benzene rings is 1. The summed E-state index contributed by atoms with van der Waals surface area (Å²) in [6.07, 6.45) is 2.32. The van der Waals surface area contributed by atoms with Crippen LogP contribution in [0.15, 0.2) is 30.6 Å². The predicted octanol–water partition coefficient (Wildman–Crippen LogP) is 4.17. The number of imidazole rings is 1. The maximum atomic E-state index is 2.57. The van der Waals surface area contributed by atoms with Gasteiger partial charge < -0.3 is 0 Å². The molecule has 27 heavy (non-hydrogen) atoms. The average Bonchev–Trinajstić information content (AvgIpc) is 2.92. The molecule has 2 aromatic rings. The Bertz CT molecular complexity index is 625. The first-order valence-corrected chi connectivity index (χ1v) is 10.7. The molecule has 4 nitrogen and oxygen atoms in total. The summed E-state index contributed by atoms with van der Waals surface area (Å²) in [7, 11) is 0. The van der Waals surface area contributed by atoms with Gasteiger partial charge in [0.15, 0.2) is 11.0 Å². The molecule has 0 saturated heterocycles. The smallest absolute Gasteiger partial charge is 0.244 e. The fourth-order valence-electron chi connectivity index (χ4n) is 4.27. The summed E-state index contributed by atoms with van der Waals surface area (Å²) in [5.74, 6) is 0. The number of nitrogens with zero attached hydrogens (tertiary/aromatic N) is 4. The normalized spacial score (nSPS) is 12.8. The maximum Gasteiger partial charge on any atom is 0.244 e. The number of aromatic nitrogens is 2. The number of para-hydroxylation sites is 2. The lowest BCUT2D eigenvalue weighted by Gasteiger charge is -2.29. The SMILES string of the molecule is CC(C)N(CCn1c[n+](CCN(C(C)C)C(C)C)c2ccccc21)C(C)C. The molecule has 1 heterocycles. The molecule has 0 unspecified atom stereocenters. The summed E-state index contributed by atoms with van der Waals surface area (Å²) >= 11 is 0. The van der Waals surface area contributed by atoms with Crippen LogP contribution >= 0.6 is 0 Å². The van der Waals surface area contributed by atoms with Crippen molar-refractivity contribution in [2.45, 2.75) is 92.6 Å². The lowest BCUT2D eigenvalue weighted by Crippen LogP contribution is -2.45.